The van der Waals surface area contributed by atoms with Crippen LogP contribution in [-0.2, 0) is 14.4 Å². The van der Waals surface area contributed by atoms with E-state index in [-0.39, 0.29) is 35.3 Å². The van der Waals surface area contributed by atoms with Gasteiger partial charge < -0.3 is 14.5 Å². The van der Waals surface area contributed by atoms with Crippen LogP contribution in [0.1, 0.15) is 23.3 Å². The van der Waals surface area contributed by atoms with Crippen molar-refractivity contribution in [2.75, 3.05) is 50.5 Å². The lowest BCUT2D eigenvalue weighted by Gasteiger charge is -2.35. The maximum atomic E-state index is 13.9. The summed E-state index contributed by atoms with van der Waals surface area (Å²) in [6, 6.07) is 17.0. The highest BCUT2D eigenvalue weighted by Crippen LogP contribution is 2.49. The lowest BCUT2D eigenvalue weighted by molar-refractivity contribution is -0.137. The Hall–Kier alpha value is -3.80. The standard InChI is InChI=1S/C31H30ClN5O4S2/c1-20(38)34-12-14-35(15-13-34)26(39)17-36-27(40)19-43-30(22-11-16-42-18-22)28-29(21-3-5-23(32)6-4-21)33-37(31(28)36)24-7-9-25(41-2)10-8-24/h3-11,16,18,30H,12-15,17,19H2,1-2H3/t30-/m0/s1. The molecule has 2 aromatic carbocycles. The number of ether oxygens (including phenoxy) is 1. The molecule has 0 N–H and O–H groups in total. The van der Waals surface area contributed by atoms with Crippen LogP contribution in [0.5, 0.6) is 5.75 Å². The number of hydrogen-bond donors (Lipinski definition) is 0. The van der Waals surface area contributed by atoms with Crippen molar-refractivity contribution in [1.82, 2.24) is 19.6 Å². The van der Waals surface area contributed by atoms with Gasteiger partial charge in [0.2, 0.25) is 17.7 Å². The number of fused-ring (bicyclic) bond motifs is 1. The second-order valence-corrected chi connectivity index (χ2v) is 12.6. The Morgan fingerprint density at radius 2 is 1.70 bits per heavy atom. The highest BCUT2D eigenvalue weighted by atomic mass is 35.5. The number of methoxy groups -OCH3 is 1. The smallest absolute Gasteiger partial charge is 0.242 e. The summed E-state index contributed by atoms with van der Waals surface area (Å²) in [6.07, 6.45) is 0. The number of amides is 3. The van der Waals surface area contributed by atoms with E-state index in [4.69, 9.17) is 21.4 Å². The van der Waals surface area contributed by atoms with Gasteiger partial charge in [0.15, 0.2) is 0 Å². The Balaban J connectivity index is 1.50. The number of carbonyl (C=O) groups is 3. The second-order valence-electron chi connectivity index (χ2n) is 10.3. The predicted octanol–water partition coefficient (Wildman–Crippen LogP) is 5.12. The lowest BCUT2D eigenvalue weighted by Crippen LogP contribution is -2.53. The molecule has 1 atom stereocenters. The van der Waals surface area contributed by atoms with E-state index in [0.717, 1.165) is 22.4 Å². The number of halogens is 1. The van der Waals surface area contributed by atoms with Gasteiger partial charge in [-0.3, -0.25) is 19.3 Å². The number of nitrogens with zero attached hydrogens (tertiary/aromatic N) is 5. The summed E-state index contributed by atoms with van der Waals surface area (Å²) < 4.78 is 7.15. The maximum Gasteiger partial charge on any atom is 0.242 e. The minimum absolute atomic E-state index is 0.00550. The predicted molar refractivity (Wildman–Crippen MR) is 170 cm³/mol. The summed E-state index contributed by atoms with van der Waals surface area (Å²) in [4.78, 5) is 44.5. The Kier molecular flexibility index (Phi) is 8.47. The number of thioether (sulfide) groups is 1. The fourth-order valence-electron chi connectivity index (χ4n) is 5.44. The molecule has 4 heterocycles. The van der Waals surface area contributed by atoms with E-state index in [2.05, 4.69) is 11.4 Å². The SMILES string of the molecule is COc1ccc(-n2nc(-c3ccc(Cl)cc3)c3c2N(CC(=O)N2CCN(C(C)=O)CC2)C(=O)CS[C@H]3c2ccsc2)cc1. The molecule has 0 unspecified atom stereocenters. The van der Waals surface area contributed by atoms with Gasteiger partial charge in [-0.15, -0.1) is 11.8 Å². The topological polar surface area (TPSA) is 88.0 Å². The number of rotatable bonds is 6. The summed E-state index contributed by atoms with van der Waals surface area (Å²) in [5.41, 5.74) is 4.24. The first kappa shape index (κ1) is 29.3. The first-order valence-corrected chi connectivity index (χ1v) is 16.2. The van der Waals surface area contributed by atoms with Crippen LogP contribution in [0, 0.1) is 0 Å². The Bertz CT molecular complexity index is 1630. The van der Waals surface area contributed by atoms with Crippen molar-refractivity contribution in [2.24, 2.45) is 0 Å². The van der Waals surface area contributed by atoms with Crippen LogP contribution >= 0.6 is 34.7 Å². The Morgan fingerprint density at radius 3 is 2.33 bits per heavy atom. The molecule has 0 bridgehead atoms. The zero-order valence-electron chi connectivity index (χ0n) is 23.7. The van der Waals surface area contributed by atoms with Gasteiger partial charge in [-0.1, -0.05) is 23.7 Å². The van der Waals surface area contributed by atoms with Gasteiger partial charge in [0.05, 0.1) is 29.5 Å². The molecule has 4 aromatic rings. The normalized spacial score (nSPS) is 17.0. The van der Waals surface area contributed by atoms with E-state index in [0.29, 0.717) is 48.5 Å². The molecule has 2 aromatic heterocycles. The molecule has 6 rings (SSSR count). The van der Waals surface area contributed by atoms with Crippen LogP contribution in [-0.4, -0.2) is 82.9 Å². The van der Waals surface area contributed by atoms with E-state index < -0.39 is 0 Å². The molecule has 222 valence electrons. The molecule has 1 saturated heterocycles. The van der Waals surface area contributed by atoms with Crippen molar-refractivity contribution in [2.45, 2.75) is 12.2 Å². The average Bonchev–Trinajstić information content (AvgIpc) is 3.67. The Morgan fingerprint density at radius 1 is 1.00 bits per heavy atom. The number of aromatic nitrogens is 2. The molecule has 3 amide bonds. The second kappa shape index (κ2) is 12.4. The largest absolute Gasteiger partial charge is 0.497 e. The van der Waals surface area contributed by atoms with Gasteiger partial charge in [-0.05, 0) is 58.8 Å². The summed E-state index contributed by atoms with van der Waals surface area (Å²) in [5, 5.41) is 9.65. The molecule has 0 spiro atoms. The Labute approximate surface area is 263 Å². The fourth-order valence-corrected chi connectivity index (χ4v) is 7.52. The summed E-state index contributed by atoms with van der Waals surface area (Å²) in [5.74, 6) is 1.11. The highest BCUT2D eigenvalue weighted by molar-refractivity contribution is 8.00. The van der Waals surface area contributed by atoms with Crippen molar-refractivity contribution in [1.29, 1.82) is 0 Å². The average molecular weight is 636 g/mol. The van der Waals surface area contributed by atoms with Crippen LogP contribution in [0.4, 0.5) is 5.82 Å². The third-order valence-corrected chi connectivity index (χ3v) is 9.95. The quantitative estimate of drug-likeness (QED) is 0.292. The van der Waals surface area contributed by atoms with Crippen LogP contribution in [0.2, 0.25) is 5.02 Å². The highest BCUT2D eigenvalue weighted by Gasteiger charge is 2.38. The van der Waals surface area contributed by atoms with E-state index in [1.165, 1.54) is 18.7 Å². The lowest BCUT2D eigenvalue weighted by atomic mass is 10.0. The molecule has 0 radical (unpaired) electrons. The molecule has 0 saturated carbocycles. The minimum atomic E-state index is -0.193. The molecular formula is C31H30ClN5O4S2. The van der Waals surface area contributed by atoms with Gasteiger partial charge >= 0.3 is 0 Å². The van der Waals surface area contributed by atoms with Gasteiger partial charge in [0, 0.05) is 49.3 Å². The van der Waals surface area contributed by atoms with E-state index >= 15 is 0 Å². The van der Waals surface area contributed by atoms with Crippen molar-refractivity contribution < 1.29 is 19.1 Å². The summed E-state index contributed by atoms with van der Waals surface area (Å²) in [7, 11) is 1.61. The van der Waals surface area contributed by atoms with Crippen molar-refractivity contribution in [3.05, 3.63) is 81.5 Å². The van der Waals surface area contributed by atoms with E-state index in [1.807, 2.05) is 53.9 Å². The monoisotopic (exact) mass is 635 g/mol. The third kappa shape index (κ3) is 5.89. The molecule has 1 fully saturated rings. The fraction of sp³-hybridized carbons (Fsp3) is 0.290. The zero-order chi connectivity index (χ0) is 30.1. The molecule has 2 aliphatic heterocycles. The maximum absolute atomic E-state index is 13.9. The molecule has 2 aliphatic rings. The number of hydrogen-bond acceptors (Lipinski definition) is 7. The van der Waals surface area contributed by atoms with Gasteiger partial charge in [0.25, 0.3) is 0 Å². The van der Waals surface area contributed by atoms with Gasteiger partial charge in [-0.2, -0.15) is 16.4 Å². The van der Waals surface area contributed by atoms with Crippen LogP contribution in [0.15, 0.2) is 65.4 Å². The van der Waals surface area contributed by atoms with Crippen LogP contribution in [0.3, 0.4) is 0 Å². The molecule has 12 heteroatoms. The van der Waals surface area contributed by atoms with Crippen LogP contribution in [0.25, 0.3) is 16.9 Å². The zero-order valence-corrected chi connectivity index (χ0v) is 26.1. The van der Waals surface area contributed by atoms with Gasteiger partial charge in [-0.25, -0.2) is 4.68 Å². The summed E-state index contributed by atoms with van der Waals surface area (Å²) >= 11 is 9.39. The first-order valence-electron chi connectivity index (χ1n) is 13.8. The summed E-state index contributed by atoms with van der Waals surface area (Å²) in [6.45, 7) is 3.20. The van der Waals surface area contributed by atoms with E-state index in [9.17, 15) is 14.4 Å². The number of carbonyl (C=O) groups excluding carboxylic acids is 3. The van der Waals surface area contributed by atoms with Crippen LogP contribution < -0.4 is 9.64 Å². The molecule has 0 aliphatic carbocycles. The molecule has 43 heavy (non-hydrogen) atoms. The van der Waals surface area contributed by atoms with Gasteiger partial charge in [0.1, 0.15) is 18.1 Å². The van der Waals surface area contributed by atoms with E-state index in [1.54, 1.807) is 37.8 Å². The number of piperazine rings is 1. The van der Waals surface area contributed by atoms with Crippen molar-refractivity contribution >= 4 is 58.2 Å². The number of benzene rings is 2. The first-order chi connectivity index (χ1) is 20.8. The molecule has 9 nitrogen and oxygen atoms in total. The third-order valence-electron chi connectivity index (χ3n) is 7.74. The number of anilines is 1. The minimum Gasteiger partial charge on any atom is -0.497 e. The molecular weight excluding hydrogens is 606 g/mol. The van der Waals surface area contributed by atoms with Crippen molar-refractivity contribution in [3.8, 4) is 22.7 Å². The number of thiophene rings is 1. The van der Waals surface area contributed by atoms with Crippen molar-refractivity contribution in [3.63, 3.8) is 0 Å².